The Kier molecular flexibility index (Phi) is 6.36. The van der Waals surface area contributed by atoms with E-state index in [-0.39, 0.29) is 5.91 Å². The van der Waals surface area contributed by atoms with Gasteiger partial charge in [0, 0.05) is 39.3 Å². The van der Waals surface area contributed by atoms with Gasteiger partial charge in [0.2, 0.25) is 0 Å². The third-order valence-electron chi connectivity index (χ3n) is 4.63. The average Bonchev–Trinajstić information content (AvgIpc) is 2.69. The fraction of sp³-hybridized carbons (Fsp3) is 0.350. The highest BCUT2D eigenvalue weighted by Crippen LogP contribution is 2.28. The first-order valence-corrected chi connectivity index (χ1v) is 9.20. The van der Waals surface area contributed by atoms with Crippen molar-refractivity contribution < 1.29 is 9.53 Å². The van der Waals surface area contributed by atoms with Gasteiger partial charge >= 0.3 is 0 Å². The minimum Gasteiger partial charge on any atom is -0.495 e. The molecular weight excluding hydrogens is 350 g/mol. The number of piperazine rings is 1. The monoisotopic (exact) mass is 373 g/mol. The number of nitrogens with one attached hydrogen (secondary N) is 1. The summed E-state index contributed by atoms with van der Waals surface area (Å²) < 4.78 is 5.45. The summed E-state index contributed by atoms with van der Waals surface area (Å²) in [5, 5.41) is 3.43. The molecule has 1 amide bonds. The summed E-state index contributed by atoms with van der Waals surface area (Å²) in [4.78, 5) is 16.9. The van der Waals surface area contributed by atoms with Crippen molar-refractivity contribution in [3.63, 3.8) is 0 Å². The van der Waals surface area contributed by atoms with Crippen LogP contribution in [0.15, 0.2) is 48.5 Å². The molecule has 1 saturated heterocycles. The maximum absolute atomic E-state index is 12.2. The van der Waals surface area contributed by atoms with Gasteiger partial charge in [0.25, 0.3) is 5.91 Å². The Labute approximate surface area is 159 Å². The minimum atomic E-state index is -0.122. The van der Waals surface area contributed by atoms with Gasteiger partial charge in [-0.25, -0.2) is 0 Å². The first kappa shape index (κ1) is 18.5. The van der Waals surface area contributed by atoms with Crippen LogP contribution in [0.25, 0.3) is 0 Å². The van der Waals surface area contributed by atoms with Gasteiger partial charge < -0.3 is 15.0 Å². The first-order valence-electron chi connectivity index (χ1n) is 8.82. The van der Waals surface area contributed by atoms with Crippen LogP contribution in [0, 0.1) is 0 Å². The van der Waals surface area contributed by atoms with Gasteiger partial charge in [-0.1, -0.05) is 35.9 Å². The summed E-state index contributed by atoms with van der Waals surface area (Å²) in [7, 11) is 1.71. The second-order valence-corrected chi connectivity index (χ2v) is 6.64. The number of rotatable bonds is 6. The van der Waals surface area contributed by atoms with E-state index in [1.165, 1.54) is 0 Å². The first-order chi connectivity index (χ1) is 12.7. The van der Waals surface area contributed by atoms with Crippen LogP contribution in [0.1, 0.15) is 10.4 Å². The van der Waals surface area contributed by atoms with E-state index in [0.29, 0.717) is 17.1 Å². The molecular formula is C20H24ClN3O2. The molecule has 2 aromatic carbocycles. The molecule has 0 radical (unpaired) electrons. The number of halogens is 1. The lowest BCUT2D eigenvalue weighted by Gasteiger charge is -2.36. The van der Waals surface area contributed by atoms with Crippen molar-refractivity contribution in [3.05, 3.63) is 59.1 Å². The third kappa shape index (κ3) is 4.48. The highest BCUT2D eigenvalue weighted by molar-refractivity contribution is 6.33. The van der Waals surface area contributed by atoms with Crippen LogP contribution in [0.5, 0.6) is 5.75 Å². The average molecular weight is 374 g/mol. The summed E-state index contributed by atoms with van der Waals surface area (Å²) in [5.41, 5.74) is 1.66. The number of para-hydroxylation sites is 2. The zero-order chi connectivity index (χ0) is 18.4. The van der Waals surface area contributed by atoms with Crippen LogP contribution in [-0.4, -0.2) is 57.2 Å². The van der Waals surface area contributed by atoms with Crippen LogP contribution in [-0.2, 0) is 0 Å². The van der Waals surface area contributed by atoms with Gasteiger partial charge in [-0.3, -0.25) is 9.69 Å². The molecule has 6 heteroatoms. The molecule has 1 heterocycles. The number of carbonyl (C=O) groups excluding carboxylic acids is 1. The number of carbonyl (C=O) groups is 1. The molecule has 26 heavy (non-hydrogen) atoms. The van der Waals surface area contributed by atoms with Gasteiger partial charge in [0.1, 0.15) is 5.75 Å². The highest BCUT2D eigenvalue weighted by Gasteiger charge is 2.19. The molecule has 1 fully saturated rings. The zero-order valence-corrected chi connectivity index (χ0v) is 15.7. The SMILES string of the molecule is COc1ccccc1N1CCN(CCNC(=O)c2ccccc2Cl)CC1. The molecule has 0 aromatic heterocycles. The Morgan fingerprint density at radius 2 is 1.77 bits per heavy atom. The number of amides is 1. The molecule has 1 aliphatic rings. The second kappa shape index (κ2) is 8.92. The van der Waals surface area contributed by atoms with Crippen LogP contribution in [0.3, 0.4) is 0 Å². The van der Waals surface area contributed by atoms with Crippen molar-refractivity contribution in [3.8, 4) is 5.75 Å². The number of nitrogens with zero attached hydrogens (tertiary/aromatic N) is 2. The number of benzene rings is 2. The standard InChI is InChI=1S/C20H24ClN3O2/c1-26-19-9-5-4-8-18(19)24-14-12-23(13-15-24)11-10-22-20(25)16-6-2-3-7-17(16)21/h2-9H,10-15H2,1H3,(H,22,25). The van der Waals surface area contributed by atoms with Crippen LogP contribution < -0.4 is 15.0 Å². The summed E-state index contributed by atoms with van der Waals surface area (Å²) >= 11 is 6.06. The van der Waals surface area contributed by atoms with E-state index < -0.39 is 0 Å². The lowest BCUT2D eigenvalue weighted by molar-refractivity contribution is 0.0948. The van der Waals surface area contributed by atoms with E-state index in [1.807, 2.05) is 30.3 Å². The lowest BCUT2D eigenvalue weighted by atomic mass is 10.2. The fourth-order valence-corrected chi connectivity index (χ4v) is 3.39. The Morgan fingerprint density at radius 1 is 1.08 bits per heavy atom. The normalized spacial score (nSPS) is 14.9. The molecule has 138 valence electrons. The van der Waals surface area contributed by atoms with Crippen molar-refractivity contribution >= 4 is 23.2 Å². The van der Waals surface area contributed by atoms with Crippen LogP contribution in [0.4, 0.5) is 5.69 Å². The molecule has 1 aliphatic heterocycles. The van der Waals surface area contributed by atoms with E-state index >= 15 is 0 Å². The summed E-state index contributed by atoms with van der Waals surface area (Å²) in [5.74, 6) is 0.788. The van der Waals surface area contributed by atoms with E-state index in [0.717, 1.165) is 44.2 Å². The van der Waals surface area contributed by atoms with Crippen molar-refractivity contribution in [1.82, 2.24) is 10.2 Å². The van der Waals surface area contributed by atoms with Crippen LogP contribution >= 0.6 is 11.6 Å². The molecule has 0 bridgehead atoms. The van der Waals surface area contributed by atoms with Gasteiger partial charge in [-0.2, -0.15) is 0 Å². The Morgan fingerprint density at radius 3 is 2.50 bits per heavy atom. The second-order valence-electron chi connectivity index (χ2n) is 6.24. The van der Waals surface area contributed by atoms with Crippen molar-refractivity contribution in [2.75, 3.05) is 51.3 Å². The number of hydrogen-bond donors (Lipinski definition) is 1. The van der Waals surface area contributed by atoms with Crippen LogP contribution in [0.2, 0.25) is 5.02 Å². The predicted molar refractivity (Wildman–Crippen MR) is 105 cm³/mol. The number of methoxy groups -OCH3 is 1. The predicted octanol–water partition coefficient (Wildman–Crippen LogP) is 2.90. The fourth-order valence-electron chi connectivity index (χ4n) is 3.17. The van der Waals surface area contributed by atoms with E-state index in [9.17, 15) is 4.79 Å². The Bertz CT molecular complexity index is 745. The molecule has 0 aliphatic carbocycles. The van der Waals surface area contributed by atoms with Gasteiger partial charge in [0.05, 0.1) is 23.4 Å². The zero-order valence-electron chi connectivity index (χ0n) is 15.0. The molecule has 0 atom stereocenters. The summed E-state index contributed by atoms with van der Waals surface area (Å²) in [6.07, 6.45) is 0. The maximum Gasteiger partial charge on any atom is 0.252 e. The molecule has 1 N–H and O–H groups in total. The van der Waals surface area contributed by atoms with E-state index in [1.54, 1.807) is 19.2 Å². The summed E-state index contributed by atoms with van der Waals surface area (Å²) in [6.45, 7) is 5.24. The molecule has 2 aromatic rings. The Hall–Kier alpha value is -2.24. The molecule has 3 rings (SSSR count). The number of anilines is 1. The minimum absolute atomic E-state index is 0.122. The molecule has 0 unspecified atom stereocenters. The molecule has 5 nitrogen and oxygen atoms in total. The van der Waals surface area contributed by atoms with E-state index in [2.05, 4.69) is 21.2 Å². The highest BCUT2D eigenvalue weighted by atomic mass is 35.5. The topological polar surface area (TPSA) is 44.8 Å². The van der Waals surface area contributed by atoms with E-state index in [4.69, 9.17) is 16.3 Å². The number of hydrogen-bond acceptors (Lipinski definition) is 4. The quantitative estimate of drug-likeness (QED) is 0.845. The van der Waals surface area contributed by atoms with Crippen molar-refractivity contribution in [2.24, 2.45) is 0 Å². The van der Waals surface area contributed by atoms with Gasteiger partial charge in [-0.15, -0.1) is 0 Å². The lowest BCUT2D eigenvalue weighted by Crippen LogP contribution is -2.48. The largest absolute Gasteiger partial charge is 0.495 e. The summed E-state index contributed by atoms with van der Waals surface area (Å²) in [6, 6.07) is 15.2. The number of ether oxygens (including phenoxy) is 1. The van der Waals surface area contributed by atoms with Gasteiger partial charge in [0.15, 0.2) is 0 Å². The smallest absolute Gasteiger partial charge is 0.252 e. The van der Waals surface area contributed by atoms with Crippen molar-refractivity contribution in [2.45, 2.75) is 0 Å². The third-order valence-corrected chi connectivity index (χ3v) is 4.96. The molecule has 0 saturated carbocycles. The maximum atomic E-state index is 12.2. The molecule has 0 spiro atoms. The van der Waals surface area contributed by atoms with Crippen molar-refractivity contribution in [1.29, 1.82) is 0 Å². The van der Waals surface area contributed by atoms with Gasteiger partial charge in [-0.05, 0) is 24.3 Å². The Balaban J connectivity index is 1.45.